The number of rotatable bonds is 10. The standard InChI is InChI=1S/C50H43N.C16H18.C7H8.C2H6/c1-7-11-18-35(10-4)37-24-28-48-44(31-37)43-30-36(34(9-3)17-8-2)23-27-47(43)51(48)39-25-26-42-45(32-39)50(6,38-19-13-12-14-20-38)46-29-33(5)40-21-15-16-22-41(40)49(42)46;1-4-14-9-10-16(13(3)11-14)15-8-6-5-7-12(15)2;1-7-5-3-2-4-6-7;1-2/h7,9-32H,1,3,8H2,2,4-6H3;5-11H,4H2,1-3H3;2-6H,1H3;1-2H3/b18-11-,34-17+,35-10+;;;. The molecule has 1 aromatic heterocycles. The molecule has 380 valence electrons. The number of nitrogens with zero attached hydrogens (tertiary/aromatic N) is 1. The van der Waals surface area contributed by atoms with Gasteiger partial charge in [-0.05, 0) is 185 Å². The van der Waals surface area contributed by atoms with Gasteiger partial charge in [0.05, 0.1) is 11.0 Å². The van der Waals surface area contributed by atoms with Crippen molar-refractivity contribution in [2.75, 3.05) is 0 Å². The van der Waals surface area contributed by atoms with Gasteiger partial charge in [0.1, 0.15) is 0 Å². The van der Waals surface area contributed by atoms with E-state index in [9.17, 15) is 0 Å². The van der Waals surface area contributed by atoms with E-state index in [0.29, 0.717) is 0 Å². The quantitative estimate of drug-likeness (QED) is 0.120. The van der Waals surface area contributed by atoms with Gasteiger partial charge in [-0.2, -0.15) is 0 Å². The summed E-state index contributed by atoms with van der Waals surface area (Å²) in [7, 11) is 0. The van der Waals surface area contributed by atoms with Crippen LogP contribution in [0.15, 0.2) is 238 Å². The number of aryl methyl sites for hydroxylation is 5. The Balaban J connectivity index is 0.000000251. The van der Waals surface area contributed by atoms with Crippen molar-refractivity contribution in [1.82, 2.24) is 4.57 Å². The van der Waals surface area contributed by atoms with Crippen LogP contribution in [0.4, 0.5) is 0 Å². The average Bonchev–Trinajstić information content (AvgIpc) is 3.95. The maximum absolute atomic E-state index is 4.14. The number of hydrogen-bond acceptors (Lipinski definition) is 0. The Morgan fingerprint density at radius 2 is 1.12 bits per heavy atom. The molecule has 10 aromatic rings. The van der Waals surface area contributed by atoms with Crippen LogP contribution in [0.2, 0.25) is 0 Å². The highest BCUT2D eigenvalue weighted by Gasteiger charge is 2.42. The van der Waals surface area contributed by atoms with Crippen LogP contribution in [0, 0.1) is 27.7 Å². The smallest absolute Gasteiger partial charge is 0.0541 e. The second-order valence-electron chi connectivity index (χ2n) is 19.8. The van der Waals surface area contributed by atoms with Crippen LogP contribution in [0.1, 0.15) is 104 Å². The minimum Gasteiger partial charge on any atom is -0.309 e. The van der Waals surface area contributed by atoms with E-state index in [-0.39, 0.29) is 5.41 Å². The van der Waals surface area contributed by atoms with Crippen LogP contribution in [0.3, 0.4) is 0 Å². The molecule has 1 heterocycles. The van der Waals surface area contributed by atoms with E-state index < -0.39 is 0 Å². The molecule has 0 aliphatic heterocycles. The highest BCUT2D eigenvalue weighted by Crippen LogP contribution is 2.55. The van der Waals surface area contributed by atoms with Gasteiger partial charge in [0, 0.05) is 21.9 Å². The fourth-order valence-corrected chi connectivity index (χ4v) is 11.2. The molecule has 0 saturated carbocycles. The predicted octanol–water partition coefficient (Wildman–Crippen LogP) is 21.3. The van der Waals surface area contributed by atoms with Crippen molar-refractivity contribution in [2.24, 2.45) is 0 Å². The molecule has 1 aliphatic carbocycles. The molecule has 0 radical (unpaired) electrons. The first-order chi connectivity index (χ1) is 37.0. The van der Waals surface area contributed by atoms with Crippen molar-refractivity contribution < 1.29 is 0 Å². The zero-order valence-corrected chi connectivity index (χ0v) is 46.6. The Hall–Kier alpha value is -8.26. The lowest BCUT2D eigenvalue weighted by molar-refractivity contribution is 0.713. The van der Waals surface area contributed by atoms with Crippen LogP contribution in [-0.2, 0) is 11.8 Å². The lowest BCUT2D eigenvalue weighted by Crippen LogP contribution is -2.22. The summed E-state index contributed by atoms with van der Waals surface area (Å²) in [5, 5.41) is 5.10. The Morgan fingerprint density at radius 3 is 1.70 bits per heavy atom. The number of fused-ring (bicyclic) bond motifs is 8. The molecule has 1 heteroatoms. The van der Waals surface area contributed by atoms with Crippen molar-refractivity contribution in [1.29, 1.82) is 0 Å². The van der Waals surface area contributed by atoms with Crippen molar-refractivity contribution >= 4 is 43.7 Å². The molecule has 0 fully saturated rings. The molecule has 1 aliphatic rings. The molecule has 0 spiro atoms. The maximum Gasteiger partial charge on any atom is 0.0541 e. The number of benzene rings is 9. The minimum atomic E-state index is -0.321. The van der Waals surface area contributed by atoms with Crippen LogP contribution in [0.5, 0.6) is 0 Å². The Bertz CT molecular complexity index is 3780. The second kappa shape index (κ2) is 24.4. The Kier molecular flexibility index (Phi) is 17.3. The van der Waals surface area contributed by atoms with Gasteiger partial charge in [-0.1, -0.05) is 235 Å². The van der Waals surface area contributed by atoms with Gasteiger partial charge in [0.2, 0.25) is 0 Å². The first-order valence-electron chi connectivity index (χ1n) is 27.3. The first kappa shape index (κ1) is 54.0. The molecule has 0 bridgehead atoms. The molecule has 1 unspecified atom stereocenters. The van der Waals surface area contributed by atoms with Gasteiger partial charge in [0.25, 0.3) is 0 Å². The largest absolute Gasteiger partial charge is 0.309 e. The fourth-order valence-electron chi connectivity index (χ4n) is 11.2. The third-order valence-electron chi connectivity index (χ3n) is 15.1. The van der Waals surface area contributed by atoms with Gasteiger partial charge >= 0.3 is 0 Å². The number of hydrogen-bond donors (Lipinski definition) is 0. The molecular formula is C75H75N. The molecule has 0 saturated heterocycles. The monoisotopic (exact) mass is 990 g/mol. The zero-order valence-electron chi connectivity index (χ0n) is 46.6. The minimum absolute atomic E-state index is 0.321. The SMILES string of the molecule is C=C/C=C\C(=C/C)c1ccc2c(c1)c1cc(/C(C=C)=C/CC)ccc1n2-c1ccc2c(c1)C(C)(c1ccccc1)c1cc(C)c3ccccc3c1-2.CC.CCc1ccc(-c2ccccc2C)c(C)c1.Cc1ccccc1. The molecule has 11 rings (SSSR count). The first-order valence-corrected chi connectivity index (χ1v) is 27.3. The molecule has 1 atom stereocenters. The topological polar surface area (TPSA) is 4.93 Å². The molecule has 1 nitrogen and oxygen atoms in total. The van der Waals surface area contributed by atoms with Crippen molar-refractivity contribution in [3.63, 3.8) is 0 Å². The number of aromatic nitrogens is 1. The molecule has 9 aromatic carbocycles. The van der Waals surface area contributed by atoms with Crippen LogP contribution >= 0.6 is 0 Å². The summed E-state index contributed by atoms with van der Waals surface area (Å²) in [6.07, 6.45) is 14.4. The maximum atomic E-state index is 4.14. The molecule has 0 N–H and O–H groups in total. The van der Waals surface area contributed by atoms with Crippen LogP contribution < -0.4 is 0 Å². The third kappa shape index (κ3) is 10.7. The van der Waals surface area contributed by atoms with E-state index in [1.807, 2.05) is 50.3 Å². The summed E-state index contributed by atoms with van der Waals surface area (Å²) in [5.41, 5.74) is 24.1. The van der Waals surface area contributed by atoms with Gasteiger partial charge in [-0.15, -0.1) is 0 Å². The van der Waals surface area contributed by atoms with E-state index in [4.69, 9.17) is 0 Å². The van der Waals surface area contributed by atoms with Gasteiger partial charge in [0.15, 0.2) is 0 Å². The summed E-state index contributed by atoms with van der Waals surface area (Å²) in [6.45, 7) is 29.6. The average molecular weight is 990 g/mol. The normalized spacial score (nSPS) is 13.8. The van der Waals surface area contributed by atoms with Crippen LogP contribution in [-0.4, -0.2) is 4.57 Å². The molecule has 0 amide bonds. The lowest BCUT2D eigenvalue weighted by Gasteiger charge is -2.29. The second-order valence-corrected chi connectivity index (χ2v) is 19.8. The van der Waals surface area contributed by atoms with Gasteiger partial charge in [-0.3, -0.25) is 0 Å². The number of allylic oxidation sites excluding steroid dienone is 8. The summed E-state index contributed by atoms with van der Waals surface area (Å²) in [5.74, 6) is 0. The van der Waals surface area contributed by atoms with E-state index in [0.717, 1.165) is 24.1 Å². The fraction of sp³-hybridized carbons (Fsp3) is 0.173. The predicted molar refractivity (Wildman–Crippen MR) is 335 cm³/mol. The summed E-state index contributed by atoms with van der Waals surface area (Å²) in [6, 6.07) is 68.9. The van der Waals surface area contributed by atoms with Crippen molar-refractivity contribution in [2.45, 2.75) is 87.5 Å². The van der Waals surface area contributed by atoms with E-state index in [2.05, 4.69) is 261 Å². The van der Waals surface area contributed by atoms with Crippen molar-refractivity contribution in [3.8, 4) is 27.9 Å². The van der Waals surface area contributed by atoms with E-state index in [1.54, 1.807) is 0 Å². The molecule has 76 heavy (non-hydrogen) atoms. The summed E-state index contributed by atoms with van der Waals surface area (Å²) in [4.78, 5) is 0. The zero-order chi connectivity index (χ0) is 53.9. The summed E-state index contributed by atoms with van der Waals surface area (Å²) < 4.78 is 2.46. The Morgan fingerprint density at radius 1 is 0.526 bits per heavy atom. The highest BCUT2D eigenvalue weighted by atomic mass is 15.0. The summed E-state index contributed by atoms with van der Waals surface area (Å²) >= 11 is 0. The van der Waals surface area contributed by atoms with Crippen molar-refractivity contribution in [3.05, 3.63) is 293 Å². The highest BCUT2D eigenvalue weighted by molar-refractivity contribution is 6.12. The van der Waals surface area contributed by atoms with E-state index in [1.165, 1.54) is 116 Å². The Labute approximate surface area is 454 Å². The lowest BCUT2D eigenvalue weighted by atomic mass is 9.73. The van der Waals surface area contributed by atoms with Gasteiger partial charge in [-0.25, -0.2) is 0 Å². The third-order valence-corrected chi connectivity index (χ3v) is 15.1. The van der Waals surface area contributed by atoms with Crippen LogP contribution in [0.25, 0.3) is 71.7 Å². The van der Waals surface area contributed by atoms with E-state index >= 15 is 0 Å². The van der Waals surface area contributed by atoms with Gasteiger partial charge < -0.3 is 4.57 Å². The molecular weight excluding hydrogens is 915 g/mol.